The number of para-hydroxylation sites is 1. The lowest BCUT2D eigenvalue weighted by molar-refractivity contribution is -0.117. The molecule has 1 N–H and O–H groups in total. The topological polar surface area (TPSA) is 55.4 Å². The van der Waals surface area contributed by atoms with E-state index in [-0.39, 0.29) is 17.7 Å². The monoisotopic (exact) mass is 295 g/mol. The molecule has 1 aliphatic rings. The number of carbonyl (C=O) groups is 2. The van der Waals surface area contributed by atoms with Gasteiger partial charge in [0.05, 0.1) is 18.4 Å². The Morgan fingerprint density at radius 2 is 1.73 bits per heavy atom. The normalized spacial score (nSPS) is 19.3. The zero-order valence-corrected chi connectivity index (χ0v) is 12.3. The first-order chi connectivity index (χ1) is 10.7. The van der Waals surface area contributed by atoms with Gasteiger partial charge in [0.15, 0.2) is 0 Å². The summed E-state index contributed by atoms with van der Waals surface area (Å²) in [6.07, 6.45) is 0.843. The molecule has 22 heavy (non-hydrogen) atoms. The maximum Gasteiger partial charge on any atom is 0.339 e. The molecule has 1 aliphatic carbocycles. The van der Waals surface area contributed by atoms with E-state index in [1.807, 2.05) is 30.3 Å². The van der Waals surface area contributed by atoms with Gasteiger partial charge >= 0.3 is 5.97 Å². The van der Waals surface area contributed by atoms with Crippen LogP contribution < -0.4 is 5.32 Å². The van der Waals surface area contributed by atoms with Crippen molar-refractivity contribution < 1.29 is 14.3 Å². The van der Waals surface area contributed by atoms with Crippen LogP contribution in [0.1, 0.15) is 28.3 Å². The number of hydrogen-bond donors (Lipinski definition) is 1. The highest BCUT2D eigenvalue weighted by Crippen LogP contribution is 2.47. The van der Waals surface area contributed by atoms with Crippen LogP contribution in [0, 0.1) is 5.92 Å². The first-order valence-corrected chi connectivity index (χ1v) is 7.24. The number of nitrogens with one attached hydrogen (secondary N) is 1. The SMILES string of the molecule is COC(=O)c1ccccc1NC(=O)[C@@H]1C[C@H]1c1ccccc1. The summed E-state index contributed by atoms with van der Waals surface area (Å²) in [5.74, 6) is -0.267. The minimum absolute atomic E-state index is 0.0342. The van der Waals surface area contributed by atoms with Crippen molar-refractivity contribution in [1.82, 2.24) is 0 Å². The Morgan fingerprint density at radius 3 is 2.45 bits per heavy atom. The van der Waals surface area contributed by atoms with Crippen LogP contribution in [0.15, 0.2) is 54.6 Å². The van der Waals surface area contributed by atoms with E-state index in [4.69, 9.17) is 4.74 Å². The van der Waals surface area contributed by atoms with Gasteiger partial charge in [0, 0.05) is 5.92 Å². The van der Waals surface area contributed by atoms with Crippen molar-refractivity contribution in [3.8, 4) is 0 Å². The van der Waals surface area contributed by atoms with Crippen molar-refractivity contribution >= 4 is 17.6 Å². The van der Waals surface area contributed by atoms with E-state index >= 15 is 0 Å². The van der Waals surface area contributed by atoms with Crippen molar-refractivity contribution in [3.05, 3.63) is 65.7 Å². The maximum absolute atomic E-state index is 12.4. The first kappa shape index (κ1) is 14.3. The maximum atomic E-state index is 12.4. The van der Waals surface area contributed by atoms with E-state index < -0.39 is 5.97 Å². The third-order valence-corrected chi connectivity index (χ3v) is 3.95. The molecule has 0 aromatic heterocycles. The molecule has 3 rings (SSSR count). The molecule has 2 aromatic rings. The average Bonchev–Trinajstić information content (AvgIpc) is 3.36. The van der Waals surface area contributed by atoms with Crippen molar-refractivity contribution in [2.45, 2.75) is 12.3 Å². The highest BCUT2D eigenvalue weighted by molar-refractivity contribution is 6.02. The molecule has 4 heteroatoms. The quantitative estimate of drug-likeness (QED) is 0.881. The van der Waals surface area contributed by atoms with Crippen LogP contribution in [0.5, 0.6) is 0 Å². The third-order valence-electron chi connectivity index (χ3n) is 3.95. The van der Waals surface area contributed by atoms with Crippen LogP contribution in [0.25, 0.3) is 0 Å². The van der Waals surface area contributed by atoms with Gasteiger partial charge in [0.2, 0.25) is 5.91 Å². The molecule has 0 bridgehead atoms. The number of amides is 1. The Hall–Kier alpha value is -2.62. The van der Waals surface area contributed by atoms with E-state index in [2.05, 4.69) is 5.32 Å². The number of carbonyl (C=O) groups excluding carboxylic acids is 2. The smallest absolute Gasteiger partial charge is 0.339 e. The van der Waals surface area contributed by atoms with Gasteiger partial charge in [0.25, 0.3) is 0 Å². The zero-order valence-electron chi connectivity index (χ0n) is 12.3. The molecule has 0 radical (unpaired) electrons. The number of esters is 1. The van der Waals surface area contributed by atoms with Gasteiger partial charge in [-0.1, -0.05) is 42.5 Å². The molecule has 0 unspecified atom stereocenters. The van der Waals surface area contributed by atoms with Crippen LogP contribution in [-0.4, -0.2) is 19.0 Å². The van der Waals surface area contributed by atoms with Crippen molar-refractivity contribution in [1.29, 1.82) is 0 Å². The van der Waals surface area contributed by atoms with E-state index in [1.165, 1.54) is 12.7 Å². The molecule has 0 heterocycles. The number of methoxy groups -OCH3 is 1. The van der Waals surface area contributed by atoms with Crippen molar-refractivity contribution in [3.63, 3.8) is 0 Å². The number of hydrogen-bond acceptors (Lipinski definition) is 3. The Labute approximate surface area is 129 Å². The summed E-state index contributed by atoms with van der Waals surface area (Å²) < 4.78 is 4.73. The first-order valence-electron chi connectivity index (χ1n) is 7.24. The van der Waals surface area contributed by atoms with Crippen molar-refractivity contribution in [2.75, 3.05) is 12.4 Å². The van der Waals surface area contributed by atoms with Gasteiger partial charge in [0.1, 0.15) is 0 Å². The summed E-state index contributed by atoms with van der Waals surface area (Å²) in [6, 6.07) is 16.9. The lowest BCUT2D eigenvalue weighted by Gasteiger charge is -2.09. The number of benzene rings is 2. The predicted molar refractivity (Wildman–Crippen MR) is 83.7 cm³/mol. The highest BCUT2D eigenvalue weighted by atomic mass is 16.5. The molecule has 4 nitrogen and oxygen atoms in total. The Bertz CT molecular complexity index is 696. The summed E-state index contributed by atoms with van der Waals surface area (Å²) in [4.78, 5) is 24.1. The van der Waals surface area contributed by atoms with Gasteiger partial charge in [-0.25, -0.2) is 4.79 Å². The Morgan fingerprint density at radius 1 is 1.05 bits per heavy atom. The molecule has 112 valence electrons. The van der Waals surface area contributed by atoms with Crippen LogP contribution >= 0.6 is 0 Å². The molecule has 1 amide bonds. The predicted octanol–water partition coefficient (Wildman–Crippen LogP) is 3.22. The van der Waals surface area contributed by atoms with Crippen molar-refractivity contribution in [2.24, 2.45) is 5.92 Å². The van der Waals surface area contributed by atoms with Gasteiger partial charge in [-0.15, -0.1) is 0 Å². The fourth-order valence-corrected chi connectivity index (χ4v) is 2.66. The van der Waals surface area contributed by atoms with Crippen LogP contribution in [0.2, 0.25) is 0 Å². The molecule has 2 aromatic carbocycles. The second kappa shape index (κ2) is 6.02. The van der Waals surface area contributed by atoms with E-state index in [1.54, 1.807) is 24.3 Å². The van der Waals surface area contributed by atoms with Gasteiger partial charge in [-0.3, -0.25) is 4.79 Å². The second-order valence-corrected chi connectivity index (χ2v) is 5.39. The van der Waals surface area contributed by atoms with Crippen LogP contribution in [0.3, 0.4) is 0 Å². The van der Waals surface area contributed by atoms with E-state index in [0.717, 1.165) is 6.42 Å². The summed E-state index contributed by atoms with van der Waals surface area (Å²) in [5.41, 5.74) is 2.05. The molecular formula is C18H17NO3. The highest BCUT2D eigenvalue weighted by Gasteiger charge is 2.44. The molecule has 1 fully saturated rings. The summed E-state index contributed by atoms with van der Waals surface area (Å²) in [7, 11) is 1.33. The Balaban J connectivity index is 1.70. The van der Waals surface area contributed by atoms with Gasteiger partial charge < -0.3 is 10.1 Å². The number of ether oxygens (including phenoxy) is 1. The summed E-state index contributed by atoms with van der Waals surface area (Å²) in [6.45, 7) is 0. The molecule has 0 spiro atoms. The Kier molecular flexibility index (Phi) is 3.92. The molecule has 0 saturated heterocycles. The molecule has 0 aliphatic heterocycles. The molecule has 2 atom stereocenters. The zero-order chi connectivity index (χ0) is 15.5. The average molecular weight is 295 g/mol. The fourth-order valence-electron chi connectivity index (χ4n) is 2.66. The van der Waals surface area contributed by atoms with E-state index in [9.17, 15) is 9.59 Å². The summed E-state index contributed by atoms with van der Waals surface area (Å²) in [5, 5.41) is 2.85. The summed E-state index contributed by atoms with van der Waals surface area (Å²) >= 11 is 0. The third kappa shape index (κ3) is 2.86. The minimum Gasteiger partial charge on any atom is -0.465 e. The van der Waals surface area contributed by atoms with Crippen LogP contribution in [0.4, 0.5) is 5.69 Å². The largest absolute Gasteiger partial charge is 0.465 e. The van der Waals surface area contributed by atoms with E-state index in [0.29, 0.717) is 11.3 Å². The standard InChI is InChI=1S/C18H17NO3/c1-22-18(21)13-9-5-6-10-16(13)19-17(20)15-11-14(15)12-7-3-2-4-8-12/h2-10,14-15H,11H2,1H3,(H,19,20)/t14-,15+/m0/s1. The fraction of sp³-hybridized carbons (Fsp3) is 0.222. The van der Waals surface area contributed by atoms with Gasteiger partial charge in [-0.2, -0.15) is 0 Å². The lowest BCUT2D eigenvalue weighted by atomic mass is 10.1. The molecular weight excluding hydrogens is 278 g/mol. The number of anilines is 1. The number of rotatable bonds is 4. The second-order valence-electron chi connectivity index (χ2n) is 5.39. The molecule has 1 saturated carbocycles. The van der Waals surface area contributed by atoms with Crippen LogP contribution in [-0.2, 0) is 9.53 Å². The lowest BCUT2D eigenvalue weighted by Crippen LogP contribution is -2.17. The van der Waals surface area contributed by atoms with Gasteiger partial charge in [-0.05, 0) is 30.0 Å². The minimum atomic E-state index is -0.452.